The third kappa shape index (κ3) is 3.34. The van der Waals surface area contributed by atoms with Crippen molar-refractivity contribution < 1.29 is 0 Å². The smallest absolute Gasteiger partial charge is 0.0641 e. The topological polar surface area (TPSA) is 21.1 Å². The first-order chi connectivity index (χ1) is 9.17. The summed E-state index contributed by atoms with van der Waals surface area (Å²) in [6.45, 7) is 9.99. The van der Waals surface area contributed by atoms with Crippen molar-refractivity contribution in [3.05, 3.63) is 17.0 Å². The molecule has 4 heteroatoms. The Kier molecular flexibility index (Phi) is 5.34. The molecule has 1 atom stereocenters. The van der Waals surface area contributed by atoms with Gasteiger partial charge in [0.05, 0.1) is 5.69 Å². The maximum Gasteiger partial charge on any atom is 0.0641 e. The van der Waals surface area contributed by atoms with Crippen LogP contribution >= 0.6 is 11.8 Å². The predicted molar refractivity (Wildman–Crippen MR) is 83.8 cm³/mol. The molecule has 0 aliphatic carbocycles. The molecule has 0 radical (unpaired) electrons. The Morgan fingerprint density at radius 2 is 2.16 bits per heavy atom. The Labute approximate surface area is 121 Å². The fourth-order valence-electron chi connectivity index (χ4n) is 3.08. The molecule has 0 unspecified atom stereocenters. The summed E-state index contributed by atoms with van der Waals surface area (Å²) in [5.41, 5.74) is 4.05. The van der Waals surface area contributed by atoms with E-state index >= 15 is 0 Å². The number of hydrogen-bond acceptors (Lipinski definition) is 3. The van der Waals surface area contributed by atoms with Gasteiger partial charge in [-0.1, -0.05) is 6.92 Å². The molecule has 1 aliphatic heterocycles. The van der Waals surface area contributed by atoms with Crippen molar-refractivity contribution in [2.75, 3.05) is 18.6 Å². The lowest BCUT2D eigenvalue weighted by atomic mass is 10.1. The molecule has 0 bridgehead atoms. The zero-order valence-electron chi connectivity index (χ0n) is 12.8. The highest BCUT2D eigenvalue weighted by molar-refractivity contribution is 7.98. The van der Waals surface area contributed by atoms with Crippen LogP contribution in [0.15, 0.2) is 0 Å². The Morgan fingerprint density at radius 1 is 1.37 bits per heavy atom. The van der Waals surface area contributed by atoms with Crippen molar-refractivity contribution in [2.24, 2.45) is 0 Å². The molecule has 0 N–H and O–H groups in total. The average molecular weight is 281 g/mol. The van der Waals surface area contributed by atoms with Crippen LogP contribution in [0.1, 0.15) is 43.1 Å². The summed E-state index contributed by atoms with van der Waals surface area (Å²) in [5.74, 6) is 1.27. The van der Waals surface area contributed by atoms with Crippen molar-refractivity contribution in [1.82, 2.24) is 14.7 Å². The van der Waals surface area contributed by atoms with Gasteiger partial charge in [-0.15, -0.1) is 0 Å². The van der Waals surface area contributed by atoms with Gasteiger partial charge in [0.15, 0.2) is 0 Å². The lowest BCUT2D eigenvalue weighted by molar-refractivity contribution is 0.263. The van der Waals surface area contributed by atoms with E-state index in [1.165, 1.54) is 42.1 Å². The van der Waals surface area contributed by atoms with E-state index in [-0.39, 0.29) is 0 Å². The molecule has 1 aromatic rings. The summed E-state index contributed by atoms with van der Waals surface area (Å²) in [7, 11) is 0. The van der Waals surface area contributed by atoms with Gasteiger partial charge in [0, 0.05) is 36.1 Å². The van der Waals surface area contributed by atoms with Gasteiger partial charge < -0.3 is 0 Å². The molecule has 108 valence electrons. The van der Waals surface area contributed by atoms with Crippen molar-refractivity contribution in [3.8, 4) is 0 Å². The van der Waals surface area contributed by atoms with E-state index in [1.54, 1.807) is 0 Å². The van der Waals surface area contributed by atoms with Gasteiger partial charge in [0.2, 0.25) is 0 Å². The van der Waals surface area contributed by atoms with E-state index in [4.69, 9.17) is 5.10 Å². The SMILES string of the molecule is CCCn1nc(C)c(CN2CCC[C@@H]2CSC)c1C. The highest BCUT2D eigenvalue weighted by atomic mass is 32.2. The number of rotatable bonds is 6. The molecular formula is C15H27N3S. The zero-order valence-corrected chi connectivity index (χ0v) is 13.6. The van der Waals surface area contributed by atoms with Crippen molar-refractivity contribution >= 4 is 11.8 Å². The van der Waals surface area contributed by atoms with Gasteiger partial charge in [-0.25, -0.2) is 0 Å². The lowest BCUT2D eigenvalue weighted by Crippen LogP contribution is -2.31. The first kappa shape index (κ1) is 14.9. The second-order valence-electron chi connectivity index (χ2n) is 5.59. The van der Waals surface area contributed by atoms with Crippen LogP contribution in [0.4, 0.5) is 0 Å². The van der Waals surface area contributed by atoms with E-state index < -0.39 is 0 Å². The van der Waals surface area contributed by atoms with Crippen molar-refractivity contribution in [3.63, 3.8) is 0 Å². The van der Waals surface area contributed by atoms with E-state index in [2.05, 4.69) is 36.6 Å². The molecule has 1 aliphatic rings. The molecule has 0 saturated carbocycles. The monoisotopic (exact) mass is 281 g/mol. The van der Waals surface area contributed by atoms with Gasteiger partial charge in [-0.2, -0.15) is 16.9 Å². The maximum atomic E-state index is 4.70. The van der Waals surface area contributed by atoms with Crippen LogP contribution < -0.4 is 0 Å². The number of hydrogen-bond donors (Lipinski definition) is 0. The third-order valence-electron chi connectivity index (χ3n) is 4.19. The zero-order chi connectivity index (χ0) is 13.8. The van der Waals surface area contributed by atoms with E-state index in [9.17, 15) is 0 Å². The summed E-state index contributed by atoms with van der Waals surface area (Å²) in [6.07, 6.45) is 6.08. The van der Waals surface area contributed by atoms with Crippen molar-refractivity contribution in [2.45, 2.75) is 59.2 Å². The molecule has 0 aromatic carbocycles. The van der Waals surface area contributed by atoms with Crippen LogP contribution in [-0.4, -0.2) is 39.3 Å². The summed E-state index contributed by atoms with van der Waals surface area (Å²) < 4.78 is 2.18. The third-order valence-corrected chi connectivity index (χ3v) is 4.90. The van der Waals surface area contributed by atoms with Gasteiger partial charge in [0.25, 0.3) is 0 Å². The molecule has 2 rings (SSSR count). The number of thioether (sulfide) groups is 1. The second-order valence-corrected chi connectivity index (χ2v) is 6.51. The summed E-state index contributed by atoms with van der Waals surface area (Å²) >= 11 is 1.97. The molecule has 2 heterocycles. The molecule has 1 saturated heterocycles. The maximum absolute atomic E-state index is 4.70. The molecule has 0 spiro atoms. The normalized spacial score (nSPS) is 20.3. The highest BCUT2D eigenvalue weighted by Crippen LogP contribution is 2.25. The quantitative estimate of drug-likeness (QED) is 0.799. The van der Waals surface area contributed by atoms with Crippen LogP contribution in [0, 0.1) is 13.8 Å². The molecule has 0 amide bonds. The number of aryl methyl sites for hydroxylation is 2. The van der Waals surface area contributed by atoms with Gasteiger partial charge in [-0.3, -0.25) is 9.58 Å². The van der Waals surface area contributed by atoms with Crippen LogP contribution in [0.5, 0.6) is 0 Å². The lowest BCUT2D eigenvalue weighted by Gasteiger charge is -2.24. The van der Waals surface area contributed by atoms with E-state index in [0.29, 0.717) is 0 Å². The van der Waals surface area contributed by atoms with Gasteiger partial charge in [0.1, 0.15) is 0 Å². The van der Waals surface area contributed by atoms with Crippen LogP contribution in [-0.2, 0) is 13.1 Å². The number of aromatic nitrogens is 2. The van der Waals surface area contributed by atoms with E-state index in [0.717, 1.165) is 25.6 Å². The first-order valence-corrected chi connectivity index (χ1v) is 8.82. The Bertz CT molecular complexity index is 414. The highest BCUT2D eigenvalue weighted by Gasteiger charge is 2.25. The summed E-state index contributed by atoms with van der Waals surface area (Å²) in [5, 5.41) is 4.70. The van der Waals surface area contributed by atoms with Gasteiger partial charge in [-0.05, 0) is 45.9 Å². The Balaban J connectivity index is 2.10. The van der Waals surface area contributed by atoms with Crippen LogP contribution in [0.3, 0.4) is 0 Å². The fraction of sp³-hybridized carbons (Fsp3) is 0.800. The van der Waals surface area contributed by atoms with Crippen LogP contribution in [0.25, 0.3) is 0 Å². The predicted octanol–water partition coefficient (Wildman–Crippen LogP) is 3.24. The minimum absolute atomic E-state index is 0.767. The molecule has 1 aromatic heterocycles. The number of likely N-dealkylation sites (tertiary alicyclic amines) is 1. The number of nitrogens with zero attached hydrogens (tertiary/aromatic N) is 3. The molecule has 3 nitrogen and oxygen atoms in total. The summed E-state index contributed by atoms with van der Waals surface area (Å²) in [6, 6.07) is 0.767. The molecule has 19 heavy (non-hydrogen) atoms. The van der Waals surface area contributed by atoms with E-state index in [1.807, 2.05) is 11.8 Å². The van der Waals surface area contributed by atoms with Gasteiger partial charge >= 0.3 is 0 Å². The molecular weight excluding hydrogens is 254 g/mol. The minimum Gasteiger partial charge on any atom is -0.295 e. The summed E-state index contributed by atoms with van der Waals surface area (Å²) in [4.78, 5) is 2.66. The second kappa shape index (κ2) is 6.80. The molecule has 1 fully saturated rings. The average Bonchev–Trinajstić information content (AvgIpc) is 2.91. The fourth-order valence-corrected chi connectivity index (χ4v) is 3.84. The van der Waals surface area contributed by atoms with Crippen molar-refractivity contribution in [1.29, 1.82) is 0 Å². The standard InChI is InChI=1S/C15H27N3S/c1-5-8-18-13(3)15(12(2)16-18)10-17-9-6-7-14(17)11-19-4/h14H,5-11H2,1-4H3/t14-/m1/s1. The largest absolute Gasteiger partial charge is 0.295 e. The van der Waals surface area contributed by atoms with Crippen LogP contribution in [0.2, 0.25) is 0 Å². The Hall–Kier alpha value is -0.480. The minimum atomic E-state index is 0.767. The Morgan fingerprint density at radius 3 is 2.84 bits per heavy atom. The first-order valence-electron chi connectivity index (χ1n) is 7.43.